The number of ether oxygens (including phenoxy) is 2. The first-order valence-corrected chi connectivity index (χ1v) is 8.06. The van der Waals surface area contributed by atoms with E-state index in [-0.39, 0.29) is 5.60 Å². The first-order valence-electron chi connectivity index (χ1n) is 8.06. The highest BCUT2D eigenvalue weighted by Gasteiger charge is 2.36. The maximum atomic E-state index is 5.72. The van der Waals surface area contributed by atoms with E-state index in [2.05, 4.69) is 50.4 Å². The molecule has 0 spiro atoms. The van der Waals surface area contributed by atoms with Gasteiger partial charge in [-0.3, -0.25) is 0 Å². The second kappa shape index (κ2) is 7.28. The van der Waals surface area contributed by atoms with Crippen molar-refractivity contribution in [1.82, 2.24) is 5.32 Å². The van der Waals surface area contributed by atoms with Crippen LogP contribution in [0.4, 0.5) is 0 Å². The Kier molecular flexibility index (Phi) is 5.65. The molecule has 1 atom stereocenters. The molecule has 2 rings (SSSR count). The van der Waals surface area contributed by atoms with Crippen molar-refractivity contribution in [2.75, 3.05) is 20.3 Å². The summed E-state index contributed by atoms with van der Waals surface area (Å²) < 4.78 is 11.4. The summed E-state index contributed by atoms with van der Waals surface area (Å²) in [6.45, 7) is 8.21. The van der Waals surface area contributed by atoms with Crippen molar-refractivity contribution in [3.8, 4) is 5.75 Å². The minimum atomic E-state index is 0.0780. The highest BCUT2D eigenvalue weighted by molar-refractivity contribution is 5.29. The van der Waals surface area contributed by atoms with Crippen molar-refractivity contribution in [3.63, 3.8) is 0 Å². The monoisotopic (exact) mass is 291 g/mol. The van der Waals surface area contributed by atoms with Crippen LogP contribution in [0.25, 0.3) is 0 Å². The van der Waals surface area contributed by atoms with Crippen molar-refractivity contribution >= 4 is 0 Å². The van der Waals surface area contributed by atoms with Gasteiger partial charge in [0.15, 0.2) is 0 Å². The molecule has 1 aliphatic carbocycles. The SMILES string of the molecule is COC1(CNC(C)c2ccc(OCC(C)C)cc2)CCC1. The molecule has 0 aromatic heterocycles. The normalized spacial score (nSPS) is 18.3. The van der Waals surface area contributed by atoms with Crippen LogP contribution in [0.1, 0.15) is 51.6 Å². The van der Waals surface area contributed by atoms with E-state index in [1.54, 1.807) is 0 Å². The molecule has 1 aliphatic rings. The molecule has 21 heavy (non-hydrogen) atoms. The van der Waals surface area contributed by atoms with Crippen LogP contribution in [0.5, 0.6) is 5.75 Å². The second-order valence-corrected chi connectivity index (χ2v) is 6.62. The third-order valence-corrected chi connectivity index (χ3v) is 4.39. The van der Waals surface area contributed by atoms with Crippen molar-refractivity contribution < 1.29 is 9.47 Å². The third-order valence-electron chi connectivity index (χ3n) is 4.39. The summed E-state index contributed by atoms with van der Waals surface area (Å²) in [4.78, 5) is 0. The molecule has 3 heteroatoms. The van der Waals surface area contributed by atoms with E-state index in [9.17, 15) is 0 Å². The summed E-state index contributed by atoms with van der Waals surface area (Å²) in [6.07, 6.45) is 3.63. The van der Waals surface area contributed by atoms with Crippen LogP contribution in [-0.4, -0.2) is 25.9 Å². The quantitative estimate of drug-likeness (QED) is 0.787. The van der Waals surface area contributed by atoms with Crippen molar-refractivity contribution in [1.29, 1.82) is 0 Å². The largest absolute Gasteiger partial charge is 0.493 e. The Balaban J connectivity index is 1.83. The summed E-state index contributed by atoms with van der Waals surface area (Å²) in [6, 6.07) is 8.74. The van der Waals surface area contributed by atoms with E-state index in [0.717, 1.165) is 18.9 Å². The van der Waals surface area contributed by atoms with Gasteiger partial charge in [-0.05, 0) is 49.8 Å². The maximum absolute atomic E-state index is 5.72. The van der Waals surface area contributed by atoms with Crippen LogP contribution in [0.2, 0.25) is 0 Å². The fraction of sp³-hybridized carbons (Fsp3) is 0.667. The van der Waals surface area contributed by atoms with E-state index in [1.807, 2.05) is 7.11 Å². The van der Waals surface area contributed by atoms with Gasteiger partial charge in [0, 0.05) is 19.7 Å². The smallest absolute Gasteiger partial charge is 0.119 e. The van der Waals surface area contributed by atoms with Crippen LogP contribution < -0.4 is 10.1 Å². The third kappa shape index (κ3) is 4.45. The molecular weight excluding hydrogens is 262 g/mol. The fourth-order valence-corrected chi connectivity index (χ4v) is 2.60. The Bertz CT molecular complexity index is 418. The van der Waals surface area contributed by atoms with Crippen LogP contribution >= 0.6 is 0 Å². The van der Waals surface area contributed by atoms with E-state index < -0.39 is 0 Å². The van der Waals surface area contributed by atoms with Gasteiger partial charge in [0.1, 0.15) is 5.75 Å². The molecule has 1 saturated carbocycles. The van der Waals surface area contributed by atoms with Gasteiger partial charge in [-0.25, -0.2) is 0 Å². The predicted octanol–water partition coefficient (Wildman–Crippen LogP) is 3.94. The van der Waals surface area contributed by atoms with E-state index in [4.69, 9.17) is 9.47 Å². The lowest BCUT2D eigenvalue weighted by Crippen LogP contribution is -2.48. The molecule has 0 radical (unpaired) electrons. The molecule has 3 nitrogen and oxygen atoms in total. The molecule has 0 saturated heterocycles. The van der Waals surface area contributed by atoms with Gasteiger partial charge >= 0.3 is 0 Å². The number of benzene rings is 1. The first-order chi connectivity index (χ1) is 10.0. The summed E-state index contributed by atoms with van der Waals surface area (Å²) in [5.41, 5.74) is 1.37. The van der Waals surface area contributed by atoms with Gasteiger partial charge in [0.05, 0.1) is 12.2 Å². The minimum Gasteiger partial charge on any atom is -0.493 e. The molecule has 1 aromatic rings. The lowest BCUT2D eigenvalue weighted by Gasteiger charge is -2.41. The topological polar surface area (TPSA) is 30.5 Å². The van der Waals surface area contributed by atoms with Crippen LogP contribution in [0, 0.1) is 5.92 Å². The van der Waals surface area contributed by atoms with E-state index >= 15 is 0 Å². The number of methoxy groups -OCH3 is 1. The molecule has 1 N–H and O–H groups in total. The van der Waals surface area contributed by atoms with Gasteiger partial charge < -0.3 is 14.8 Å². The average Bonchev–Trinajstić information content (AvgIpc) is 2.44. The molecule has 1 aromatic carbocycles. The molecule has 1 fully saturated rings. The van der Waals surface area contributed by atoms with E-state index in [1.165, 1.54) is 24.8 Å². The zero-order valence-corrected chi connectivity index (χ0v) is 13.8. The van der Waals surface area contributed by atoms with Gasteiger partial charge in [0.2, 0.25) is 0 Å². The highest BCUT2D eigenvalue weighted by atomic mass is 16.5. The van der Waals surface area contributed by atoms with Crippen molar-refractivity contribution in [3.05, 3.63) is 29.8 Å². The highest BCUT2D eigenvalue weighted by Crippen LogP contribution is 2.34. The maximum Gasteiger partial charge on any atom is 0.119 e. The number of nitrogens with one attached hydrogen (secondary N) is 1. The second-order valence-electron chi connectivity index (χ2n) is 6.62. The predicted molar refractivity (Wildman–Crippen MR) is 86.8 cm³/mol. The molecule has 0 aliphatic heterocycles. The summed E-state index contributed by atoms with van der Waals surface area (Å²) in [5, 5.41) is 3.60. The lowest BCUT2D eigenvalue weighted by molar-refractivity contribution is -0.0706. The zero-order chi connectivity index (χ0) is 15.3. The Morgan fingerprint density at radius 1 is 1.14 bits per heavy atom. The molecule has 0 heterocycles. The summed E-state index contributed by atoms with van der Waals surface area (Å²) >= 11 is 0. The fourth-order valence-electron chi connectivity index (χ4n) is 2.60. The summed E-state index contributed by atoms with van der Waals surface area (Å²) in [7, 11) is 1.83. The summed E-state index contributed by atoms with van der Waals surface area (Å²) in [5.74, 6) is 1.50. The van der Waals surface area contributed by atoms with Crippen LogP contribution in [-0.2, 0) is 4.74 Å². The van der Waals surface area contributed by atoms with Crippen molar-refractivity contribution in [2.24, 2.45) is 5.92 Å². The molecule has 1 unspecified atom stereocenters. The standard InChI is InChI=1S/C18H29NO2/c1-14(2)12-21-17-8-6-16(7-9-17)15(3)19-13-18(20-4)10-5-11-18/h6-9,14-15,19H,5,10-13H2,1-4H3. The number of rotatable bonds is 8. The van der Waals surface area contributed by atoms with Gasteiger partial charge in [-0.2, -0.15) is 0 Å². The van der Waals surface area contributed by atoms with Crippen LogP contribution in [0.3, 0.4) is 0 Å². The average molecular weight is 291 g/mol. The Hall–Kier alpha value is -1.06. The van der Waals surface area contributed by atoms with Crippen molar-refractivity contribution in [2.45, 2.75) is 51.7 Å². The minimum absolute atomic E-state index is 0.0780. The van der Waals surface area contributed by atoms with Crippen LogP contribution in [0.15, 0.2) is 24.3 Å². The lowest BCUT2D eigenvalue weighted by atomic mass is 9.80. The van der Waals surface area contributed by atoms with Gasteiger partial charge in [-0.15, -0.1) is 0 Å². The first kappa shape index (κ1) is 16.3. The Labute approximate surface area is 129 Å². The van der Waals surface area contributed by atoms with E-state index in [0.29, 0.717) is 12.0 Å². The molecular formula is C18H29NO2. The molecule has 118 valence electrons. The number of hydrogen-bond donors (Lipinski definition) is 1. The zero-order valence-electron chi connectivity index (χ0n) is 13.8. The number of hydrogen-bond acceptors (Lipinski definition) is 3. The van der Waals surface area contributed by atoms with Gasteiger partial charge in [-0.1, -0.05) is 26.0 Å². The Morgan fingerprint density at radius 2 is 1.81 bits per heavy atom. The Morgan fingerprint density at radius 3 is 2.29 bits per heavy atom. The van der Waals surface area contributed by atoms with Gasteiger partial charge in [0.25, 0.3) is 0 Å². The molecule has 0 bridgehead atoms. The molecule has 0 amide bonds.